The van der Waals surface area contributed by atoms with E-state index < -0.39 is 5.60 Å². The maximum absolute atomic E-state index is 11.0. The fourth-order valence-electron chi connectivity index (χ4n) is 2.72. The highest BCUT2D eigenvalue weighted by Gasteiger charge is 2.40. The molecular weight excluding hydrogens is 310 g/mol. The molecular formula is C13H22BrN3O2. The van der Waals surface area contributed by atoms with Crippen LogP contribution in [0, 0.1) is 0 Å². The van der Waals surface area contributed by atoms with Gasteiger partial charge in [0, 0.05) is 19.7 Å². The average molecular weight is 332 g/mol. The van der Waals surface area contributed by atoms with Gasteiger partial charge in [0.25, 0.3) is 0 Å². The van der Waals surface area contributed by atoms with E-state index in [1.807, 2.05) is 4.68 Å². The van der Waals surface area contributed by atoms with Gasteiger partial charge in [-0.05, 0) is 42.7 Å². The lowest BCUT2D eigenvalue weighted by Gasteiger charge is -2.41. The minimum Gasteiger partial charge on any atom is -0.383 e. The predicted molar refractivity (Wildman–Crippen MR) is 77.0 cm³/mol. The van der Waals surface area contributed by atoms with Gasteiger partial charge in [-0.25, -0.2) is 0 Å². The second kappa shape index (κ2) is 5.91. The average Bonchev–Trinajstić information content (AvgIpc) is 2.74. The molecule has 108 valence electrons. The Morgan fingerprint density at radius 3 is 3.00 bits per heavy atom. The van der Waals surface area contributed by atoms with E-state index in [-0.39, 0.29) is 0 Å². The molecule has 0 amide bonds. The molecule has 2 rings (SSSR count). The van der Waals surface area contributed by atoms with Gasteiger partial charge in [0.05, 0.1) is 29.5 Å². The van der Waals surface area contributed by atoms with Crippen LogP contribution >= 0.6 is 15.9 Å². The Morgan fingerprint density at radius 1 is 1.63 bits per heavy atom. The lowest BCUT2D eigenvalue weighted by atomic mass is 9.84. The van der Waals surface area contributed by atoms with E-state index in [2.05, 4.69) is 39.9 Å². The van der Waals surface area contributed by atoms with E-state index in [9.17, 15) is 5.11 Å². The van der Waals surface area contributed by atoms with Crippen molar-refractivity contribution in [3.63, 3.8) is 0 Å². The van der Waals surface area contributed by atoms with Crippen molar-refractivity contribution in [3.05, 3.63) is 16.4 Å². The summed E-state index contributed by atoms with van der Waals surface area (Å²) in [5.41, 5.74) is 0.0687. The second-order valence-electron chi connectivity index (χ2n) is 5.37. The number of piperidine rings is 1. The van der Waals surface area contributed by atoms with E-state index in [1.54, 1.807) is 13.3 Å². The number of nitrogens with zero attached hydrogens (tertiary/aromatic N) is 3. The van der Waals surface area contributed by atoms with Crippen molar-refractivity contribution in [1.82, 2.24) is 14.7 Å². The zero-order chi connectivity index (χ0) is 14.0. The highest BCUT2D eigenvalue weighted by Crippen LogP contribution is 2.38. The first-order valence-corrected chi connectivity index (χ1v) is 7.40. The maximum atomic E-state index is 11.0. The smallest absolute Gasteiger partial charge is 0.110 e. The number of hydrogen-bond acceptors (Lipinski definition) is 4. The van der Waals surface area contributed by atoms with Gasteiger partial charge in [-0.15, -0.1) is 0 Å². The molecule has 0 aromatic carbocycles. The van der Waals surface area contributed by atoms with Crippen LogP contribution in [0.1, 0.15) is 25.5 Å². The molecule has 1 aliphatic rings. The Balaban J connectivity index is 2.27. The minimum atomic E-state index is -0.811. The maximum Gasteiger partial charge on any atom is 0.110 e. The molecule has 1 aliphatic heterocycles. The van der Waals surface area contributed by atoms with Crippen molar-refractivity contribution in [2.24, 2.45) is 0 Å². The first kappa shape index (κ1) is 15.0. The molecule has 0 bridgehead atoms. The topological polar surface area (TPSA) is 50.5 Å². The van der Waals surface area contributed by atoms with E-state index in [4.69, 9.17) is 4.74 Å². The number of halogens is 1. The van der Waals surface area contributed by atoms with Crippen LogP contribution < -0.4 is 0 Å². The Morgan fingerprint density at radius 2 is 2.37 bits per heavy atom. The SMILES string of the molecule is COCCn1ncc(Br)c1C1(O)CCN(C)C(C)C1. The number of hydrogen-bond donors (Lipinski definition) is 1. The molecule has 5 nitrogen and oxygen atoms in total. The number of aromatic nitrogens is 2. The third-order valence-electron chi connectivity index (χ3n) is 4.01. The standard InChI is InChI=1S/C13H22BrN3O2/c1-10-8-13(18,4-5-16(10)2)12-11(14)9-15-17(12)6-7-19-3/h9-10,18H,4-8H2,1-3H3. The number of likely N-dealkylation sites (tertiary alicyclic amines) is 1. The third-order valence-corrected chi connectivity index (χ3v) is 4.59. The highest BCUT2D eigenvalue weighted by atomic mass is 79.9. The van der Waals surface area contributed by atoms with Crippen molar-refractivity contribution in [2.45, 2.75) is 38.0 Å². The molecule has 1 saturated heterocycles. The van der Waals surface area contributed by atoms with Crippen molar-refractivity contribution in [3.8, 4) is 0 Å². The molecule has 1 aromatic rings. The Hall–Kier alpha value is -0.430. The first-order valence-electron chi connectivity index (χ1n) is 6.61. The summed E-state index contributed by atoms with van der Waals surface area (Å²) < 4.78 is 7.83. The van der Waals surface area contributed by atoms with Crippen LogP contribution in [0.2, 0.25) is 0 Å². The summed E-state index contributed by atoms with van der Waals surface area (Å²) in [6.45, 7) is 4.28. The van der Waals surface area contributed by atoms with Crippen LogP contribution in [0.4, 0.5) is 0 Å². The van der Waals surface area contributed by atoms with Gasteiger partial charge in [-0.3, -0.25) is 4.68 Å². The fourth-order valence-corrected chi connectivity index (χ4v) is 3.38. The lowest BCUT2D eigenvalue weighted by molar-refractivity contribution is -0.0482. The van der Waals surface area contributed by atoms with Gasteiger partial charge in [0.15, 0.2) is 0 Å². The number of methoxy groups -OCH3 is 1. The quantitative estimate of drug-likeness (QED) is 0.910. The number of ether oxygens (including phenoxy) is 1. The molecule has 1 fully saturated rings. The van der Waals surface area contributed by atoms with Gasteiger partial charge in [0.1, 0.15) is 5.60 Å². The van der Waals surface area contributed by atoms with Crippen molar-refractivity contribution >= 4 is 15.9 Å². The summed E-state index contributed by atoms with van der Waals surface area (Å²) in [6.07, 6.45) is 3.21. The lowest BCUT2D eigenvalue weighted by Crippen LogP contribution is -2.47. The van der Waals surface area contributed by atoms with Crippen LogP contribution in [0.5, 0.6) is 0 Å². The van der Waals surface area contributed by atoms with Crippen LogP contribution in [0.25, 0.3) is 0 Å². The van der Waals surface area contributed by atoms with Crippen LogP contribution in [0.15, 0.2) is 10.7 Å². The van der Waals surface area contributed by atoms with Gasteiger partial charge in [-0.1, -0.05) is 0 Å². The van der Waals surface area contributed by atoms with Crippen LogP contribution in [-0.2, 0) is 16.9 Å². The van der Waals surface area contributed by atoms with Crippen molar-refractivity contribution in [1.29, 1.82) is 0 Å². The molecule has 2 unspecified atom stereocenters. The molecule has 19 heavy (non-hydrogen) atoms. The monoisotopic (exact) mass is 331 g/mol. The van der Waals surface area contributed by atoms with E-state index in [1.165, 1.54) is 0 Å². The molecule has 0 spiro atoms. The second-order valence-corrected chi connectivity index (χ2v) is 6.23. The van der Waals surface area contributed by atoms with E-state index in [0.29, 0.717) is 19.2 Å². The first-order chi connectivity index (χ1) is 8.98. The van der Waals surface area contributed by atoms with E-state index in [0.717, 1.165) is 29.6 Å². The predicted octanol–water partition coefficient (Wildman–Crippen LogP) is 1.59. The molecule has 0 aliphatic carbocycles. The van der Waals surface area contributed by atoms with E-state index >= 15 is 0 Å². The third kappa shape index (κ3) is 3.02. The number of rotatable bonds is 4. The molecule has 6 heteroatoms. The Labute approximate surface area is 122 Å². The zero-order valence-corrected chi connectivity index (χ0v) is 13.4. The minimum absolute atomic E-state index is 0.358. The van der Waals surface area contributed by atoms with Crippen LogP contribution in [-0.4, -0.2) is 53.1 Å². The van der Waals surface area contributed by atoms with Gasteiger partial charge in [0.2, 0.25) is 0 Å². The molecule has 1 N–H and O–H groups in total. The summed E-state index contributed by atoms with van der Waals surface area (Å²) >= 11 is 3.52. The molecule has 2 atom stereocenters. The largest absolute Gasteiger partial charge is 0.383 e. The van der Waals surface area contributed by atoms with Crippen molar-refractivity contribution in [2.75, 3.05) is 27.3 Å². The van der Waals surface area contributed by atoms with Gasteiger partial charge < -0.3 is 14.7 Å². The summed E-state index contributed by atoms with van der Waals surface area (Å²) in [5.74, 6) is 0. The van der Waals surface area contributed by atoms with Crippen LogP contribution in [0.3, 0.4) is 0 Å². The fraction of sp³-hybridized carbons (Fsp3) is 0.769. The molecule has 0 radical (unpaired) electrons. The Kier molecular flexibility index (Phi) is 4.66. The normalized spacial score (nSPS) is 28.8. The zero-order valence-electron chi connectivity index (χ0n) is 11.8. The number of aliphatic hydroxyl groups is 1. The summed E-state index contributed by atoms with van der Waals surface area (Å²) in [6, 6.07) is 0.358. The summed E-state index contributed by atoms with van der Waals surface area (Å²) in [4.78, 5) is 2.28. The van der Waals surface area contributed by atoms with Gasteiger partial charge >= 0.3 is 0 Å². The highest BCUT2D eigenvalue weighted by molar-refractivity contribution is 9.10. The molecule has 2 heterocycles. The van der Waals surface area contributed by atoms with Crippen molar-refractivity contribution < 1.29 is 9.84 Å². The van der Waals surface area contributed by atoms with Gasteiger partial charge in [-0.2, -0.15) is 5.10 Å². The molecule has 1 aromatic heterocycles. The summed E-state index contributed by atoms with van der Waals surface area (Å²) in [5, 5.41) is 15.4. The Bertz CT molecular complexity index is 438. The summed E-state index contributed by atoms with van der Waals surface area (Å²) in [7, 11) is 3.77. The molecule has 0 saturated carbocycles.